The van der Waals surface area contributed by atoms with Crippen LogP contribution in [0.4, 0.5) is 8.78 Å². The molecule has 238 valence electrons. The van der Waals surface area contributed by atoms with Gasteiger partial charge in [0.2, 0.25) is 0 Å². The third kappa shape index (κ3) is 6.22. The topological polar surface area (TPSA) is 143 Å². The number of fused-ring (bicyclic) bond motifs is 2. The van der Waals surface area contributed by atoms with Crippen molar-refractivity contribution in [2.24, 2.45) is 0 Å². The fraction of sp³-hybridized carbons (Fsp3) is 0.200. The highest BCUT2D eigenvalue weighted by molar-refractivity contribution is 6.04. The number of amides is 2. The largest absolute Gasteiger partial charge is 0.478 e. The number of carboxylic acid groups (broad SMARTS) is 1. The van der Waals surface area contributed by atoms with Gasteiger partial charge >= 0.3 is 5.97 Å². The van der Waals surface area contributed by atoms with Crippen molar-refractivity contribution < 1.29 is 33.1 Å². The number of aromatic nitrogens is 3. The highest BCUT2D eigenvalue weighted by Gasteiger charge is 2.29. The summed E-state index contributed by atoms with van der Waals surface area (Å²) in [5.41, 5.74) is 4.46. The van der Waals surface area contributed by atoms with Gasteiger partial charge in [0.25, 0.3) is 11.8 Å². The molecule has 0 aliphatic heterocycles. The molecule has 0 saturated heterocycles. The number of nitrogens with one attached hydrogen (secondary N) is 2. The maximum Gasteiger partial charge on any atom is 0.335 e. The van der Waals surface area contributed by atoms with Crippen molar-refractivity contribution in [1.29, 1.82) is 0 Å². The number of Topliss-reactive ketones (excluding diaryl/α,β-unsaturated/α-hetero) is 1. The van der Waals surface area contributed by atoms with Crippen LogP contribution in [0.25, 0.3) is 5.65 Å². The minimum atomic E-state index is -1.06. The molecule has 3 aromatic carbocycles. The Kier molecular flexibility index (Phi) is 8.33. The van der Waals surface area contributed by atoms with Crippen molar-refractivity contribution in [3.8, 4) is 0 Å². The maximum atomic E-state index is 13.8. The second-order valence-corrected chi connectivity index (χ2v) is 11.5. The molecular weight excluding hydrogens is 608 g/mol. The Morgan fingerprint density at radius 3 is 2.38 bits per heavy atom. The Balaban J connectivity index is 1.33. The van der Waals surface area contributed by atoms with E-state index < -0.39 is 35.5 Å². The minimum Gasteiger partial charge on any atom is -0.478 e. The van der Waals surface area contributed by atoms with E-state index in [1.165, 1.54) is 28.9 Å². The fourth-order valence-corrected chi connectivity index (χ4v) is 5.84. The lowest BCUT2D eigenvalue weighted by atomic mass is 9.98. The van der Waals surface area contributed by atoms with Gasteiger partial charge in [0.15, 0.2) is 23.1 Å². The SMILES string of the molecule is Cc1ccc(CC(=O)c2cnn3c(C(=O)N[C@H]4CCc5c4ccc(C(=O)O)c5C)cc(C(=O)NCc4ccc(F)c(F)c4)nc23)cc1. The molecule has 2 heterocycles. The van der Waals surface area contributed by atoms with E-state index in [4.69, 9.17) is 0 Å². The summed E-state index contributed by atoms with van der Waals surface area (Å²) in [5, 5.41) is 19.4. The molecule has 0 bridgehead atoms. The summed E-state index contributed by atoms with van der Waals surface area (Å²) in [5.74, 6) is -4.74. The van der Waals surface area contributed by atoms with Gasteiger partial charge in [-0.1, -0.05) is 42.0 Å². The first-order valence-electron chi connectivity index (χ1n) is 14.9. The smallest absolute Gasteiger partial charge is 0.335 e. The second-order valence-electron chi connectivity index (χ2n) is 11.5. The van der Waals surface area contributed by atoms with Crippen LogP contribution in [-0.4, -0.2) is 43.3 Å². The molecule has 1 aliphatic carbocycles. The van der Waals surface area contributed by atoms with Gasteiger partial charge in [-0.15, -0.1) is 0 Å². The van der Waals surface area contributed by atoms with Crippen LogP contribution in [-0.2, 0) is 19.4 Å². The lowest BCUT2D eigenvalue weighted by molar-refractivity contribution is 0.0695. The van der Waals surface area contributed by atoms with Crippen molar-refractivity contribution >= 4 is 29.2 Å². The summed E-state index contributed by atoms with van der Waals surface area (Å²) >= 11 is 0. The first-order valence-corrected chi connectivity index (χ1v) is 14.9. The summed E-state index contributed by atoms with van der Waals surface area (Å²) in [6.07, 6.45) is 2.43. The number of rotatable bonds is 9. The molecule has 0 radical (unpaired) electrons. The number of carboxylic acids is 1. The first-order chi connectivity index (χ1) is 22.5. The quantitative estimate of drug-likeness (QED) is 0.191. The normalized spacial score (nSPS) is 13.7. The third-order valence-corrected chi connectivity index (χ3v) is 8.39. The van der Waals surface area contributed by atoms with E-state index in [0.717, 1.165) is 34.4 Å². The van der Waals surface area contributed by atoms with Gasteiger partial charge in [0.05, 0.1) is 23.4 Å². The molecule has 2 amide bonds. The lowest BCUT2D eigenvalue weighted by Crippen LogP contribution is -2.31. The number of hydrogen-bond acceptors (Lipinski definition) is 6. The van der Waals surface area contributed by atoms with Crippen LogP contribution in [0, 0.1) is 25.5 Å². The van der Waals surface area contributed by atoms with Gasteiger partial charge in [-0.05, 0) is 72.7 Å². The number of aromatic carboxylic acids is 1. The third-order valence-electron chi connectivity index (χ3n) is 8.39. The van der Waals surface area contributed by atoms with Crippen LogP contribution in [0.3, 0.4) is 0 Å². The number of carbonyl (C=O) groups is 4. The monoisotopic (exact) mass is 637 g/mol. The Hall–Kier alpha value is -5.78. The van der Waals surface area contributed by atoms with Gasteiger partial charge in [-0.25, -0.2) is 23.1 Å². The molecule has 1 atom stereocenters. The zero-order valence-electron chi connectivity index (χ0n) is 25.4. The summed E-state index contributed by atoms with van der Waals surface area (Å²) < 4.78 is 28.3. The number of carbonyl (C=O) groups excluding carboxylic acids is 3. The maximum absolute atomic E-state index is 13.8. The van der Waals surface area contributed by atoms with Crippen molar-refractivity contribution in [2.45, 2.75) is 45.7 Å². The van der Waals surface area contributed by atoms with Crippen molar-refractivity contribution in [3.63, 3.8) is 0 Å². The zero-order valence-corrected chi connectivity index (χ0v) is 25.4. The number of halogens is 2. The summed E-state index contributed by atoms with van der Waals surface area (Å²) in [6.45, 7) is 3.52. The lowest BCUT2D eigenvalue weighted by Gasteiger charge is -2.16. The van der Waals surface area contributed by atoms with E-state index in [9.17, 15) is 33.1 Å². The van der Waals surface area contributed by atoms with Gasteiger partial charge in [-0.3, -0.25) is 14.4 Å². The molecule has 6 rings (SSSR count). The van der Waals surface area contributed by atoms with Crippen LogP contribution < -0.4 is 10.6 Å². The molecule has 47 heavy (non-hydrogen) atoms. The molecule has 10 nitrogen and oxygen atoms in total. The van der Waals surface area contributed by atoms with E-state index in [1.54, 1.807) is 13.0 Å². The van der Waals surface area contributed by atoms with Crippen LogP contribution in [0.15, 0.2) is 66.9 Å². The fourth-order valence-electron chi connectivity index (χ4n) is 5.84. The van der Waals surface area contributed by atoms with Crippen LogP contribution in [0.5, 0.6) is 0 Å². The van der Waals surface area contributed by atoms with Gasteiger partial charge < -0.3 is 15.7 Å². The standard InChI is InChI=1S/C35H29F2N5O5/c1-18-3-5-20(6-4-18)14-31(43)25-17-39-42-30(34(45)41-28-12-10-22-19(2)23(35(46)47)8-9-24(22)28)15-29(40-32(25)42)33(44)38-16-21-7-11-26(36)27(37)13-21/h3-9,11,13,15,17,28H,10,12,14,16H2,1-2H3,(H,38,44)(H,41,45)(H,46,47)/t28-/m0/s1. The molecule has 0 spiro atoms. The van der Waals surface area contributed by atoms with Gasteiger partial charge in [-0.2, -0.15) is 5.10 Å². The number of aryl methyl sites for hydroxylation is 1. The molecule has 0 unspecified atom stereocenters. The summed E-state index contributed by atoms with van der Waals surface area (Å²) in [6, 6.07) is 14.7. The van der Waals surface area contributed by atoms with Crippen LogP contribution in [0.1, 0.15) is 87.5 Å². The predicted molar refractivity (Wildman–Crippen MR) is 166 cm³/mol. The summed E-state index contributed by atoms with van der Waals surface area (Å²) in [4.78, 5) is 56.6. The Labute approximate surface area is 267 Å². The highest BCUT2D eigenvalue weighted by Crippen LogP contribution is 2.35. The second kappa shape index (κ2) is 12.5. The Morgan fingerprint density at radius 1 is 0.915 bits per heavy atom. The van der Waals surface area contributed by atoms with Crippen LogP contribution in [0.2, 0.25) is 0 Å². The number of ketones is 1. The van der Waals surface area contributed by atoms with E-state index in [0.29, 0.717) is 24.0 Å². The average Bonchev–Trinajstić information content (AvgIpc) is 3.67. The van der Waals surface area contributed by atoms with Crippen molar-refractivity contribution in [3.05, 3.63) is 134 Å². The first kappa shape index (κ1) is 31.2. The Morgan fingerprint density at radius 2 is 1.66 bits per heavy atom. The molecule has 12 heteroatoms. The average molecular weight is 638 g/mol. The molecule has 1 aliphatic rings. The summed E-state index contributed by atoms with van der Waals surface area (Å²) in [7, 11) is 0. The predicted octanol–water partition coefficient (Wildman–Crippen LogP) is 5.10. The highest BCUT2D eigenvalue weighted by atomic mass is 19.2. The number of nitrogens with zero attached hydrogens (tertiary/aromatic N) is 3. The minimum absolute atomic E-state index is 0.00139. The Bertz CT molecular complexity index is 2090. The van der Waals surface area contributed by atoms with E-state index in [1.807, 2.05) is 31.2 Å². The van der Waals surface area contributed by atoms with Gasteiger partial charge in [0.1, 0.15) is 11.4 Å². The molecule has 2 aromatic heterocycles. The number of benzene rings is 3. The van der Waals surface area contributed by atoms with E-state index in [-0.39, 0.29) is 46.9 Å². The molecular formula is C35H29F2N5O5. The van der Waals surface area contributed by atoms with Crippen molar-refractivity contribution in [1.82, 2.24) is 25.2 Å². The van der Waals surface area contributed by atoms with E-state index in [2.05, 4.69) is 20.7 Å². The molecule has 0 saturated carbocycles. The number of hydrogen-bond donors (Lipinski definition) is 3. The molecule has 5 aromatic rings. The molecule has 3 N–H and O–H groups in total. The van der Waals surface area contributed by atoms with Crippen LogP contribution >= 0.6 is 0 Å². The van der Waals surface area contributed by atoms with Gasteiger partial charge in [0, 0.05) is 19.0 Å². The molecule has 0 fully saturated rings. The van der Waals surface area contributed by atoms with Crippen molar-refractivity contribution in [2.75, 3.05) is 0 Å². The zero-order chi connectivity index (χ0) is 33.4. The van der Waals surface area contributed by atoms with E-state index >= 15 is 0 Å².